The third kappa shape index (κ3) is 3.31. The van der Waals surface area contributed by atoms with Gasteiger partial charge in [-0.15, -0.1) is 0 Å². The zero-order chi connectivity index (χ0) is 20.7. The molecule has 3 aromatic heterocycles. The van der Waals surface area contributed by atoms with Crippen molar-refractivity contribution < 1.29 is 4.74 Å². The number of pyridine rings is 1. The molecule has 0 saturated carbocycles. The highest BCUT2D eigenvalue weighted by molar-refractivity contribution is 5.92. The number of rotatable bonds is 4. The lowest BCUT2D eigenvalue weighted by Gasteiger charge is -2.26. The second kappa shape index (κ2) is 7.31. The highest BCUT2D eigenvalue weighted by Gasteiger charge is 2.18. The summed E-state index contributed by atoms with van der Waals surface area (Å²) in [5, 5.41) is 4.28. The van der Waals surface area contributed by atoms with Crippen LogP contribution in [0.15, 0.2) is 42.7 Å². The third-order valence-electron chi connectivity index (χ3n) is 5.44. The number of nitrogens with one attached hydrogen (secondary N) is 2. The topological polar surface area (TPSA) is 105 Å². The fourth-order valence-electron chi connectivity index (χ4n) is 3.93. The van der Waals surface area contributed by atoms with Gasteiger partial charge in [-0.1, -0.05) is 0 Å². The standard InChI is InChI=1S/C22H23N7O/c1-29-8-5-13-10-18(30-2)17(9-15(13)12-29)26-22-27-20(14-3-6-24-19(23)11-14)16-4-7-25-21(16)28-22/h3-4,6-7,9-11H,5,8,12H2,1-2H3,(H2,23,24)(H2,25,26,27,28). The number of ether oxygens (including phenoxy) is 1. The number of hydrogen-bond acceptors (Lipinski definition) is 7. The molecular weight excluding hydrogens is 378 g/mol. The van der Waals surface area contributed by atoms with Crippen molar-refractivity contribution >= 4 is 28.5 Å². The summed E-state index contributed by atoms with van der Waals surface area (Å²) in [5.41, 5.74) is 11.8. The summed E-state index contributed by atoms with van der Waals surface area (Å²) in [7, 11) is 3.82. The maximum atomic E-state index is 5.89. The zero-order valence-corrected chi connectivity index (χ0v) is 16.9. The van der Waals surface area contributed by atoms with Crippen LogP contribution in [0.1, 0.15) is 11.1 Å². The number of benzene rings is 1. The molecule has 1 aliphatic heterocycles. The molecule has 4 heterocycles. The number of hydrogen-bond donors (Lipinski definition) is 3. The van der Waals surface area contributed by atoms with E-state index in [-0.39, 0.29) is 0 Å². The van der Waals surface area contributed by atoms with Gasteiger partial charge in [0.15, 0.2) is 0 Å². The first-order valence-corrected chi connectivity index (χ1v) is 9.83. The average molecular weight is 401 g/mol. The number of H-pyrrole nitrogens is 1. The second-order valence-electron chi connectivity index (χ2n) is 7.54. The Morgan fingerprint density at radius 1 is 1.17 bits per heavy atom. The molecule has 5 rings (SSSR count). The van der Waals surface area contributed by atoms with Crippen molar-refractivity contribution in [3.05, 3.63) is 53.9 Å². The Balaban J connectivity index is 1.59. The normalized spacial score (nSPS) is 13.9. The number of nitrogen functional groups attached to an aromatic ring is 1. The number of aromatic amines is 1. The van der Waals surface area contributed by atoms with E-state index in [1.807, 2.05) is 24.4 Å². The Labute approximate surface area is 174 Å². The van der Waals surface area contributed by atoms with Crippen LogP contribution in [-0.4, -0.2) is 45.5 Å². The highest BCUT2D eigenvalue weighted by Crippen LogP contribution is 2.34. The number of likely N-dealkylation sites (N-methyl/N-ethyl adjacent to an activating group) is 1. The van der Waals surface area contributed by atoms with E-state index in [4.69, 9.17) is 15.5 Å². The molecule has 0 saturated heterocycles. The molecule has 4 N–H and O–H groups in total. The van der Waals surface area contributed by atoms with Crippen molar-refractivity contribution in [1.29, 1.82) is 0 Å². The van der Waals surface area contributed by atoms with Gasteiger partial charge in [0.1, 0.15) is 17.2 Å². The first-order chi connectivity index (χ1) is 14.6. The van der Waals surface area contributed by atoms with Gasteiger partial charge in [0.2, 0.25) is 5.95 Å². The van der Waals surface area contributed by atoms with Gasteiger partial charge in [-0.25, -0.2) is 9.97 Å². The summed E-state index contributed by atoms with van der Waals surface area (Å²) in [6, 6.07) is 9.91. The van der Waals surface area contributed by atoms with Crippen LogP contribution in [0, 0.1) is 0 Å². The second-order valence-corrected chi connectivity index (χ2v) is 7.54. The lowest BCUT2D eigenvalue weighted by molar-refractivity contribution is 0.312. The van der Waals surface area contributed by atoms with Crippen molar-refractivity contribution in [2.24, 2.45) is 0 Å². The monoisotopic (exact) mass is 401 g/mol. The number of aromatic nitrogens is 4. The molecule has 30 heavy (non-hydrogen) atoms. The van der Waals surface area contributed by atoms with Crippen molar-refractivity contribution in [3.63, 3.8) is 0 Å². The van der Waals surface area contributed by atoms with Gasteiger partial charge in [-0.2, -0.15) is 4.98 Å². The molecule has 0 unspecified atom stereocenters. The van der Waals surface area contributed by atoms with Crippen LogP contribution in [0.25, 0.3) is 22.3 Å². The lowest BCUT2D eigenvalue weighted by Crippen LogP contribution is -2.26. The Morgan fingerprint density at radius 2 is 2.07 bits per heavy atom. The Hall–Kier alpha value is -3.65. The molecule has 1 aliphatic rings. The smallest absolute Gasteiger partial charge is 0.229 e. The van der Waals surface area contributed by atoms with E-state index in [2.05, 4.69) is 44.3 Å². The van der Waals surface area contributed by atoms with Crippen LogP contribution < -0.4 is 15.8 Å². The SMILES string of the molecule is COc1cc2c(cc1Nc1nc(-c3ccnc(N)c3)c3cc[nH]c3n1)CN(C)CC2. The van der Waals surface area contributed by atoms with Gasteiger partial charge in [-0.05, 0) is 54.9 Å². The molecule has 0 fully saturated rings. The predicted molar refractivity (Wildman–Crippen MR) is 118 cm³/mol. The summed E-state index contributed by atoms with van der Waals surface area (Å²) >= 11 is 0. The molecule has 0 aliphatic carbocycles. The molecule has 0 radical (unpaired) electrons. The van der Waals surface area contributed by atoms with E-state index >= 15 is 0 Å². The predicted octanol–water partition coefficient (Wildman–Crippen LogP) is 3.34. The molecule has 152 valence electrons. The summed E-state index contributed by atoms with van der Waals surface area (Å²) in [5.74, 6) is 1.71. The van der Waals surface area contributed by atoms with Gasteiger partial charge in [0.25, 0.3) is 0 Å². The van der Waals surface area contributed by atoms with Crippen molar-refractivity contribution in [2.75, 3.05) is 31.8 Å². The minimum Gasteiger partial charge on any atom is -0.495 e. The number of methoxy groups -OCH3 is 1. The van der Waals surface area contributed by atoms with Gasteiger partial charge in [-0.3, -0.25) is 0 Å². The van der Waals surface area contributed by atoms with E-state index in [9.17, 15) is 0 Å². The van der Waals surface area contributed by atoms with E-state index in [0.29, 0.717) is 11.8 Å². The number of nitrogens with zero attached hydrogens (tertiary/aromatic N) is 4. The molecule has 4 aromatic rings. The lowest BCUT2D eigenvalue weighted by atomic mass is 9.99. The molecule has 1 aromatic carbocycles. The van der Waals surface area contributed by atoms with Gasteiger partial charge < -0.3 is 25.7 Å². The Kier molecular flexibility index (Phi) is 4.48. The summed E-state index contributed by atoms with van der Waals surface area (Å²) in [4.78, 5) is 19.0. The highest BCUT2D eigenvalue weighted by atomic mass is 16.5. The average Bonchev–Trinajstić information content (AvgIpc) is 3.21. The molecule has 0 amide bonds. The van der Waals surface area contributed by atoms with Gasteiger partial charge in [0, 0.05) is 36.4 Å². The molecule has 0 spiro atoms. The van der Waals surface area contributed by atoms with Crippen LogP contribution in [0.4, 0.5) is 17.5 Å². The molecule has 8 nitrogen and oxygen atoms in total. The van der Waals surface area contributed by atoms with Crippen LogP contribution >= 0.6 is 0 Å². The van der Waals surface area contributed by atoms with E-state index in [1.165, 1.54) is 11.1 Å². The quantitative estimate of drug-likeness (QED) is 0.482. The molecule has 0 bridgehead atoms. The van der Waals surface area contributed by atoms with Crippen molar-refractivity contribution in [2.45, 2.75) is 13.0 Å². The summed E-state index contributed by atoms with van der Waals surface area (Å²) < 4.78 is 5.65. The zero-order valence-electron chi connectivity index (χ0n) is 16.9. The van der Waals surface area contributed by atoms with Crippen molar-refractivity contribution in [3.8, 4) is 17.0 Å². The van der Waals surface area contributed by atoms with Gasteiger partial charge >= 0.3 is 0 Å². The minimum atomic E-state index is 0.449. The minimum absolute atomic E-state index is 0.449. The number of nitrogens with two attached hydrogens (primary N) is 1. The first kappa shape index (κ1) is 18.4. The molecule has 0 atom stereocenters. The molecule has 8 heteroatoms. The largest absolute Gasteiger partial charge is 0.495 e. The Bertz CT molecular complexity index is 1230. The van der Waals surface area contributed by atoms with E-state index in [0.717, 1.165) is 53.2 Å². The van der Waals surface area contributed by atoms with Crippen LogP contribution in [0.5, 0.6) is 5.75 Å². The number of fused-ring (bicyclic) bond motifs is 2. The fourth-order valence-corrected chi connectivity index (χ4v) is 3.93. The number of anilines is 3. The third-order valence-corrected chi connectivity index (χ3v) is 5.44. The molecular formula is C22H23N7O. The van der Waals surface area contributed by atoms with Crippen molar-refractivity contribution in [1.82, 2.24) is 24.8 Å². The maximum Gasteiger partial charge on any atom is 0.229 e. The summed E-state index contributed by atoms with van der Waals surface area (Å²) in [6.45, 7) is 1.96. The maximum absolute atomic E-state index is 5.89. The van der Waals surface area contributed by atoms with Crippen LogP contribution in [-0.2, 0) is 13.0 Å². The van der Waals surface area contributed by atoms with E-state index in [1.54, 1.807) is 13.3 Å². The van der Waals surface area contributed by atoms with Crippen LogP contribution in [0.3, 0.4) is 0 Å². The Morgan fingerprint density at radius 3 is 2.90 bits per heavy atom. The van der Waals surface area contributed by atoms with Gasteiger partial charge in [0.05, 0.1) is 18.5 Å². The van der Waals surface area contributed by atoms with Crippen LogP contribution in [0.2, 0.25) is 0 Å². The fraction of sp³-hybridized carbons (Fsp3) is 0.227. The summed E-state index contributed by atoms with van der Waals surface area (Å²) in [6.07, 6.45) is 4.55. The van der Waals surface area contributed by atoms with E-state index < -0.39 is 0 Å². The first-order valence-electron chi connectivity index (χ1n) is 9.83.